The smallest absolute Gasteiger partial charge is 0.220 e. The fraction of sp³-hybridized carbons (Fsp3) is 0.571. The second kappa shape index (κ2) is 5.30. The van der Waals surface area contributed by atoms with Crippen molar-refractivity contribution < 1.29 is 4.79 Å². The van der Waals surface area contributed by atoms with E-state index < -0.39 is 0 Å². The Morgan fingerprint density at radius 2 is 2.35 bits per heavy atom. The van der Waals surface area contributed by atoms with Crippen molar-refractivity contribution in [3.63, 3.8) is 0 Å². The van der Waals surface area contributed by atoms with Crippen molar-refractivity contribution in [3.05, 3.63) is 30.1 Å². The molecule has 92 valence electrons. The minimum Gasteiger partial charge on any atom is -0.355 e. The molecule has 1 aliphatic carbocycles. The molecule has 1 aromatic rings. The van der Waals surface area contributed by atoms with E-state index >= 15 is 0 Å². The van der Waals surface area contributed by atoms with Gasteiger partial charge < -0.3 is 5.32 Å². The van der Waals surface area contributed by atoms with Crippen LogP contribution in [-0.4, -0.2) is 17.4 Å². The standard InChI is InChI=1S/C14H20N2O/c1-2-3-6-13(17)16-11-14(7-8-14)12-5-4-9-15-10-12/h4-5,9-10H,2-3,6-8,11H2,1H3,(H,16,17). The Labute approximate surface area is 103 Å². The van der Waals surface area contributed by atoms with E-state index in [0.29, 0.717) is 6.42 Å². The van der Waals surface area contributed by atoms with Crippen molar-refractivity contribution in [2.24, 2.45) is 0 Å². The van der Waals surface area contributed by atoms with E-state index in [1.165, 1.54) is 5.56 Å². The van der Waals surface area contributed by atoms with Gasteiger partial charge >= 0.3 is 0 Å². The van der Waals surface area contributed by atoms with Crippen LogP contribution in [0.15, 0.2) is 24.5 Å². The summed E-state index contributed by atoms with van der Waals surface area (Å²) < 4.78 is 0. The average Bonchev–Trinajstić information content (AvgIpc) is 3.16. The molecule has 1 fully saturated rings. The Morgan fingerprint density at radius 3 is 2.94 bits per heavy atom. The van der Waals surface area contributed by atoms with E-state index in [9.17, 15) is 4.79 Å². The molecular weight excluding hydrogens is 212 g/mol. The van der Waals surface area contributed by atoms with Crippen molar-refractivity contribution in [2.45, 2.75) is 44.4 Å². The Balaban J connectivity index is 1.85. The number of carbonyl (C=O) groups excluding carboxylic acids is 1. The van der Waals surface area contributed by atoms with Crippen LogP contribution in [0.3, 0.4) is 0 Å². The van der Waals surface area contributed by atoms with Crippen LogP contribution in [0.2, 0.25) is 0 Å². The van der Waals surface area contributed by atoms with Crippen LogP contribution >= 0.6 is 0 Å². The summed E-state index contributed by atoms with van der Waals surface area (Å²) in [4.78, 5) is 15.7. The van der Waals surface area contributed by atoms with E-state index in [0.717, 1.165) is 32.2 Å². The van der Waals surface area contributed by atoms with E-state index in [-0.39, 0.29) is 11.3 Å². The van der Waals surface area contributed by atoms with Crippen LogP contribution in [0.25, 0.3) is 0 Å². The predicted molar refractivity (Wildman–Crippen MR) is 67.7 cm³/mol. The van der Waals surface area contributed by atoms with Crippen LogP contribution in [0.4, 0.5) is 0 Å². The van der Waals surface area contributed by atoms with Crippen molar-refractivity contribution in [2.75, 3.05) is 6.54 Å². The maximum Gasteiger partial charge on any atom is 0.220 e. The third kappa shape index (κ3) is 3.05. The van der Waals surface area contributed by atoms with Gasteiger partial charge in [0, 0.05) is 30.8 Å². The van der Waals surface area contributed by atoms with Gasteiger partial charge in [0.15, 0.2) is 0 Å². The maximum absolute atomic E-state index is 11.6. The highest BCUT2D eigenvalue weighted by Crippen LogP contribution is 2.47. The summed E-state index contributed by atoms with van der Waals surface area (Å²) in [6.45, 7) is 2.87. The molecular formula is C14H20N2O. The van der Waals surface area contributed by atoms with E-state index in [1.54, 1.807) is 6.20 Å². The molecule has 17 heavy (non-hydrogen) atoms. The van der Waals surface area contributed by atoms with Crippen LogP contribution in [0.5, 0.6) is 0 Å². The molecule has 0 bridgehead atoms. The lowest BCUT2D eigenvalue weighted by Crippen LogP contribution is -2.32. The summed E-state index contributed by atoms with van der Waals surface area (Å²) in [6, 6.07) is 4.08. The monoisotopic (exact) mass is 232 g/mol. The second-order valence-electron chi connectivity index (χ2n) is 4.90. The molecule has 1 aliphatic rings. The fourth-order valence-corrected chi connectivity index (χ4v) is 2.09. The molecule has 1 amide bonds. The molecule has 1 N–H and O–H groups in total. The van der Waals surface area contributed by atoms with Gasteiger partial charge in [0.2, 0.25) is 5.91 Å². The minimum atomic E-state index is 0.177. The molecule has 3 nitrogen and oxygen atoms in total. The Kier molecular flexibility index (Phi) is 3.77. The highest BCUT2D eigenvalue weighted by Gasteiger charge is 2.44. The van der Waals surface area contributed by atoms with Gasteiger partial charge in [0.1, 0.15) is 0 Å². The molecule has 1 aromatic heterocycles. The molecule has 0 saturated heterocycles. The van der Waals surface area contributed by atoms with E-state index in [2.05, 4.69) is 23.3 Å². The van der Waals surface area contributed by atoms with Gasteiger partial charge in [-0.15, -0.1) is 0 Å². The highest BCUT2D eigenvalue weighted by atomic mass is 16.1. The Morgan fingerprint density at radius 1 is 1.53 bits per heavy atom. The van der Waals surface area contributed by atoms with Gasteiger partial charge in [-0.3, -0.25) is 9.78 Å². The third-order valence-corrected chi connectivity index (χ3v) is 3.51. The van der Waals surface area contributed by atoms with Crippen LogP contribution in [0.1, 0.15) is 44.6 Å². The second-order valence-corrected chi connectivity index (χ2v) is 4.90. The number of carbonyl (C=O) groups is 1. The molecule has 3 heteroatoms. The van der Waals surface area contributed by atoms with Crippen LogP contribution < -0.4 is 5.32 Å². The van der Waals surface area contributed by atoms with Gasteiger partial charge in [-0.2, -0.15) is 0 Å². The molecule has 0 spiro atoms. The number of unbranched alkanes of at least 4 members (excludes halogenated alkanes) is 1. The normalized spacial score (nSPS) is 16.5. The lowest BCUT2D eigenvalue weighted by molar-refractivity contribution is -0.121. The van der Waals surface area contributed by atoms with Crippen molar-refractivity contribution in [3.8, 4) is 0 Å². The summed E-state index contributed by atoms with van der Waals surface area (Å²) in [5, 5.41) is 3.05. The predicted octanol–water partition coefficient (Wildman–Crippen LogP) is 2.42. The number of aromatic nitrogens is 1. The third-order valence-electron chi connectivity index (χ3n) is 3.51. The first kappa shape index (κ1) is 12.1. The zero-order valence-corrected chi connectivity index (χ0v) is 10.4. The summed E-state index contributed by atoms with van der Waals surface area (Å²) >= 11 is 0. The zero-order chi connectivity index (χ0) is 12.1. The van der Waals surface area contributed by atoms with Gasteiger partial charge in [0.05, 0.1) is 0 Å². The SMILES string of the molecule is CCCCC(=O)NCC1(c2cccnc2)CC1. The van der Waals surface area contributed by atoms with Gasteiger partial charge in [-0.05, 0) is 30.9 Å². The fourth-order valence-electron chi connectivity index (χ4n) is 2.09. The van der Waals surface area contributed by atoms with Gasteiger partial charge in [0.25, 0.3) is 0 Å². The first-order chi connectivity index (χ1) is 8.27. The Bertz CT molecular complexity index is 371. The van der Waals surface area contributed by atoms with Crippen molar-refractivity contribution >= 4 is 5.91 Å². The average molecular weight is 232 g/mol. The molecule has 0 aliphatic heterocycles. The number of nitrogens with zero attached hydrogens (tertiary/aromatic N) is 1. The number of rotatable bonds is 6. The lowest BCUT2D eigenvalue weighted by Gasteiger charge is -2.16. The summed E-state index contributed by atoms with van der Waals surface area (Å²) in [5.41, 5.74) is 1.44. The maximum atomic E-state index is 11.6. The van der Waals surface area contributed by atoms with Crippen molar-refractivity contribution in [1.29, 1.82) is 0 Å². The molecule has 1 saturated carbocycles. The highest BCUT2D eigenvalue weighted by molar-refractivity contribution is 5.76. The lowest BCUT2D eigenvalue weighted by atomic mass is 9.98. The Hall–Kier alpha value is -1.38. The van der Waals surface area contributed by atoms with E-state index in [1.807, 2.05) is 12.3 Å². The first-order valence-corrected chi connectivity index (χ1v) is 6.44. The summed E-state index contributed by atoms with van der Waals surface area (Å²) in [5.74, 6) is 0.182. The number of pyridine rings is 1. The molecule has 0 aromatic carbocycles. The van der Waals surface area contributed by atoms with Crippen LogP contribution in [-0.2, 0) is 10.2 Å². The zero-order valence-electron chi connectivity index (χ0n) is 10.4. The quantitative estimate of drug-likeness (QED) is 0.818. The van der Waals surface area contributed by atoms with Crippen molar-refractivity contribution in [1.82, 2.24) is 10.3 Å². The number of hydrogen-bond donors (Lipinski definition) is 1. The number of hydrogen-bond acceptors (Lipinski definition) is 2. The van der Waals surface area contributed by atoms with E-state index in [4.69, 9.17) is 0 Å². The largest absolute Gasteiger partial charge is 0.355 e. The molecule has 0 unspecified atom stereocenters. The molecule has 2 rings (SSSR count). The summed E-state index contributed by atoms with van der Waals surface area (Å²) in [7, 11) is 0. The van der Waals surface area contributed by atoms with Crippen LogP contribution in [0, 0.1) is 0 Å². The van der Waals surface area contributed by atoms with Gasteiger partial charge in [-0.1, -0.05) is 19.4 Å². The molecule has 0 atom stereocenters. The topological polar surface area (TPSA) is 42.0 Å². The molecule has 1 heterocycles. The first-order valence-electron chi connectivity index (χ1n) is 6.44. The van der Waals surface area contributed by atoms with Gasteiger partial charge in [-0.25, -0.2) is 0 Å². The number of amides is 1. The molecule has 0 radical (unpaired) electrons. The minimum absolute atomic E-state index is 0.177. The summed E-state index contributed by atoms with van der Waals surface area (Å²) in [6.07, 6.45) is 8.73. The number of nitrogens with one attached hydrogen (secondary N) is 1.